The van der Waals surface area contributed by atoms with Crippen molar-refractivity contribution < 1.29 is 9.59 Å². The third kappa shape index (κ3) is 3.71. The first-order valence-electron chi connectivity index (χ1n) is 10.7. The molecule has 152 valence electrons. The van der Waals surface area contributed by atoms with E-state index in [9.17, 15) is 9.59 Å². The summed E-state index contributed by atoms with van der Waals surface area (Å²) in [4.78, 5) is 38.1. The van der Waals surface area contributed by atoms with Crippen LogP contribution in [0.4, 0.5) is 5.82 Å². The van der Waals surface area contributed by atoms with Crippen molar-refractivity contribution in [3.8, 4) is 0 Å². The quantitative estimate of drug-likeness (QED) is 0.864. The lowest BCUT2D eigenvalue weighted by atomic mass is 9.95. The number of amides is 2. The van der Waals surface area contributed by atoms with Crippen LogP contribution in [0.1, 0.15) is 68.4 Å². The molecule has 1 aromatic rings. The zero-order valence-electron chi connectivity index (χ0n) is 17.0. The number of hydrogen-bond acceptors (Lipinski definition) is 5. The molecular formula is C21H31N5O2. The van der Waals surface area contributed by atoms with Crippen LogP contribution in [0.2, 0.25) is 0 Å². The van der Waals surface area contributed by atoms with Crippen LogP contribution in [0.5, 0.6) is 0 Å². The SMILES string of the molecule is CNc1nc(C2CCN(C(C)=O)CC2)nc2c1CN(C(=O)C1CCCC1)CC2. The van der Waals surface area contributed by atoms with E-state index in [1.54, 1.807) is 6.92 Å². The van der Waals surface area contributed by atoms with Gasteiger partial charge in [0.05, 0.1) is 12.2 Å². The largest absolute Gasteiger partial charge is 0.373 e. The Morgan fingerprint density at radius 1 is 1.00 bits per heavy atom. The molecule has 2 fully saturated rings. The van der Waals surface area contributed by atoms with Gasteiger partial charge >= 0.3 is 0 Å². The van der Waals surface area contributed by atoms with Crippen molar-refractivity contribution >= 4 is 17.6 Å². The summed E-state index contributed by atoms with van der Waals surface area (Å²) < 4.78 is 0. The summed E-state index contributed by atoms with van der Waals surface area (Å²) in [5.74, 6) is 2.72. The fourth-order valence-electron chi connectivity index (χ4n) is 4.89. The van der Waals surface area contributed by atoms with E-state index < -0.39 is 0 Å². The molecule has 2 aliphatic heterocycles. The van der Waals surface area contributed by atoms with Crippen molar-refractivity contribution in [3.63, 3.8) is 0 Å². The van der Waals surface area contributed by atoms with E-state index in [1.807, 2.05) is 16.8 Å². The molecule has 0 aromatic carbocycles. The number of piperidine rings is 1. The lowest BCUT2D eigenvalue weighted by molar-refractivity contribution is -0.136. The normalized spacial score (nSPS) is 20.9. The summed E-state index contributed by atoms with van der Waals surface area (Å²) in [6.45, 7) is 4.56. The summed E-state index contributed by atoms with van der Waals surface area (Å²) in [5, 5.41) is 3.24. The van der Waals surface area contributed by atoms with Gasteiger partial charge < -0.3 is 15.1 Å². The summed E-state index contributed by atoms with van der Waals surface area (Å²) in [6.07, 6.45) is 7.05. The van der Waals surface area contributed by atoms with Gasteiger partial charge in [-0.15, -0.1) is 0 Å². The average molecular weight is 386 g/mol. The molecule has 4 rings (SSSR count). The average Bonchev–Trinajstić information content (AvgIpc) is 3.27. The molecule has 3 heterocycles. The minimum Gasteiger partial charge on any atom is -0.373 e. The van der Waals surface area contributed by atoms with Gasteiger partial charge in [-0.2, -0.15) is 0 Å². The molecule has 0 atom stereocenters. The molecule has 1 aromatic heterocycles. The summed E-state index contributed by atoms with van der Waals surface area (Å²) in [6, 6.07) is 0. The highest BCUT2D eigenvalue weighted by atomic mass is 16.2. The van der Waals surface area contributed by atoms with Crippen molar-refractivity contribution in [3.05, 3.63) is 17.1 Å². The van der Waals surface area contributed by atoms with E-state index in [0.29, 0.717) is 18.4 Å². The molecule has 1 saturated carbocycles. The number of aromatic nitrogens is 2. The van der Waals surface area contributed by atoms with Gasteiger partial charge in [0.15, 0.2) is 0 Å². The molecule has 2 amide bonds. The predicted molar refractivity (Wildman–Crippen MR) is 107 cm³/mol. The van der Waals surface area contributed by atoms with Gasteiger partial charge in [0.2, 0.25) is 11.8 Å². The highest BCUT2D eigenvalue weighted by Crippen LogP contribution is 2.32. The standard InChI is InChI=1S/C21H31N5O2/c1-14(27)25-10-7-15(8-11-25)19-23-18-9-12-26(13-17(18)20(22-2)24-19)21(28)16-5-3-4-6-16/h15-16H,3-13H2,1-2H3,(H,22,23,24). The van der Waals surface area contributed by atoms with Gasteiger partial charge in [0.1, 0.15) is 11.6 Å². The number of carbonyl (C=O) groups excluding carboxylic acids is 2. The summed E-state index contributed by atoms with van der Waals surface area (Å²) in [5.41, 5.74) is 2.16. The first kappa shape index (κ1) is 19.2. The first-order chi connectivity index (χ1) is 13.6. The number of likely N-dealkylation sites (tertiary alicyclic amines) is 1. The monoisotopic (exact) mass is 385 g/mol. The maximum atomic E-state index is 12.8. The van der Waals surface area contributed by atoms with Crippen molar-refractivity contribution in [2.75, 3.05) is 32.0 Å². The zero-order valence-corrected chi connectivity index (χ0v) is 17.0. The summed E-state index contributed by atoms with van der Waals surface area (Å²) >= 11 is 0. The number of nitrogens with one attached hydrogen (secondary N) is 1. The van der Waals surface area contributed by atoms with Crippen LogP contribution in [0, 0.1) is 5.92 Å². The molecule has 7 nitrogen and oxygen atoms in total. The Kier molecular flexibility index (Phi) is 5.51. The van der Waals surface area contributed by atoms with Crippen LogP contribution < -0.4 is 5.32 Å². The van der Waals surface area contributed by atoms with E-state index in [0.717, 1.165) is 74.6 Å². The smallest absolute Gasteiger partial charge is 0.225 e. The van der Waals surface area contributed by atoms with Crippen molar-refractivity contribution in [2.45, 2.75) is 64.3 Å². The molecule has 0 spiro atoms. The molecule has 1 saturated heterocycles. The predicted octanol–water partition coefficient (Wildman–Crippen LogP) is 2.32. The van der Waals surface area contributed by atoms with E-state index in [-0.39, 0.29) is 11.8 Å². The van der Waals surface area contributed by atoms with E-state index in [1.165, 1.54) is 12.8 Å². The first-order valence-corrected chi connectivity index (χ1v) is 10.7. The topological polar surface area (TPSA) is 78.4 Å². The molecule has 28 heavy (non-hydrogen) atoms. The van der Waals surface area contributed by atoms with Gasteiger partial charge in [-0.05, 0) is 25.7 Å². The maximum Gasteiger partial charge on any atom is 0.225 e. The van der Waals surface area contributed by atoms with Gasteiger partial charge in [0, 0.05) is 57.4 Å². The van der Waals surface area contributed by atoms with Gasteiger partial charge in [-0.1, -0.05) is 12.8 Å². The maximum absolute atomic E-state index is 12.8. The number of rotatable bonds is 3. The highest BCUT2D eigenvalue weighted by molar-refractivity contribution is 5.79. The minimum atomic E-state index is 0.146. The molecule has 0 bridgehead atoms. The Morgan fingerprint density at radius 3 is 2.36 bits per heavy atom. The number of hydrogen-bond donors (Lipinski definition) is 1. The van der Waals surface area contributed by atoms with E-state index >= 15 is 0 Å². The highest BCUT2D eigenvalue weighted by Gasteiger charge is 2.32. The van der Waals surface area contributed by atoms with Gasteiger partial charge in [-0.3, -0.25) is 9.59 Å². The van der Waals surface area contributed by atoms with Crippen LogP contribution in [-0.4, -0.2) is 58.3 Å². The molecule has 0 radical (unpaired) electrons. The van der Waals surface area contributed by atoms with Crippen molar-refractivity contribution in [2.24, 2.45) is 5.92 Å². The molecular weight excluding hydrogens is 354 g/mol. The van der Waals surface area contributed by atoms with Gasteiger partial charge in [0.25, 0.3) is 0 Å². The number of anilines is 1. The van der Waals surface area contributed by atoms with E-state index in [2.05, 4.69) is 5.32 Å². The van der Waals surface area contributed by atoms with Crippen LogP contribution in [0.25, 0.3) is 0 Å². The molecule has 7 heteroatoms. The second kappa shape index (κ2) is 8.05. The second-order valence-corrected chi connectivity index (χ2v) is 8.38. The summed E-state index contributed by atoms with van der Waals surface area (Å²) in [7, 11) is 1.89. The van der Waals surface area contributed by atoms with Crippen LogP contribution in [0.3, 0.4) is 0 Å². The van der Waals surface area contributed by atoms with Crippen LogP contribution in [0.15, 0.2) is 0 Å². The molecule has 0 unspecified atom stereocenters. The Labute approximate surface area is 166 Å². The molecule has 1 N–H and O–H groups in total. The fraction of sp³-hybridized carbons (Fsp3) is 0.714. The Bertz CT molecular complexity index is 734. The Balaban J connectivity index is 1.50. The number of nitrogens with zero attached hydrogens (tertiary/aromatic N) is 4. The Hall–Kier alpha value is -2.18. The minimum absolute atomic E-state index is 0.146. The molecule has 1 aliphatic carbocycles. The van der Waals surface area contributed by atoms with Crippen molar-refractivity contribution in [1.29, 1.82) is 0 Å². The van der Waals surface area contributed by atoms with E-state index in [4.69, 9.17) is 9.97 Å². The second-order valence-electron chi connectivity index (χ2n) is 8.38. The number of carbonyl (C=O) groups is 2. The fourth-order valence-corrected chi connectivity index (χ4v) is 4.89. The molecule has 3 aliphatic rings. The van der Waals surface area contributed by atoms with Crippen LogP contribution >= 0.6 is 0 Å². The zero-order chi connectivity index (χ0) is 19.7. The lowest BCUT2D eigenvalue weighted by Gasteiger charge is -2.33. The Morgan fingerprint density at radius 2 is 1.71 bits per heavy atom. The third-order valence-corrected chi connectivity index (χ3v) is 6.64. The lowest BCUT2D eigenvalue weighted by Crippen LogP contribution is -2.40. The third-order valence-electron chi connectivity index (χ3n) is 6.64. The number of fused-ring (bicyclic) bond motifs is 1. The van der Waals surface area contributed by atoms with Gasteiger partial charge in [-0.25, -0.2) is 9.97 Å². The van der Waals surface area contributed by atoms with Crippen molar-refractivity contribution in [1.82, 2.24) is 19.8 Å². The van der Waals surface area contributed by atoms with Crippen LogP contribution in [-0.2, 0) is 22.6 Å².